The van der Waals surface area contributed by atoms with E-state index in [9.17, 15) is 0 Å². The van der Waals surface area contributed by atoms with E-state index in [0.29, 0.717) is 22.4 Å². The lowest BCUT2D eigenvalue weighted by Crippen LogP contribution is -2.14. The third-order valence-corrected chi connectivity index (χ3v) is 3.12. The van der Waals surface area contributed by atoms with Crippen molar-refractivity contribution in [1.29, 1.82) is 0 Å². The molecule has 0 aliphatic carbocycles. The van der Waals surface area contributed by atoms with Crippen molar-refractivity contribution >= 4 is 23.2 Å². The highest BCUT2D eigenvalue weighted by Crippen LogP contribution is 2.31. The molecule has 0 amide bonds. The highest BCUT2D eigenvalue weighted by atomic mass is 35.5. The Balaban J connectivity index is 2.23. The summed E-state index contributed by atoms with van der Waals surface area (Å²) in [6.45, 7) is 2.01. The van der Waals surface area contributed by atoms with Crippen LogP contribution in [0.4, 0.5) is 11.6 Å². The molecule has 1 aromatic carbocycles. The number of methoxy groups -OCH3 is 1. The molecule has 7 heteroatoms. The van der Waals surface area contributed by atoms with E-state index in [4.69, 9.17) is 22.2 Å². The van der Waals surface area contributed by atoms with Gasteiger partial charge in [-0.15, -0.1) is 0 Å². The van der Waals surface area contributed by atoms with Gasteiger partial charge < -0.3 is 15.5 Å². The number of nitrogens with one attached hydrogen (secondary N) is 2. The Bertz CT molecular complexity index is 575. The van der Waals surface area contributed by atoms with Gasteiger partial charge in [0.25, 0.3) is 0 Å². The number of aromatic nitrogens is 2. The predicted molar refractivity (Wildman–Crippen MR) is 79.9 cm³/mol. The Morgan fingerprint density at radius 2 is 1.85 bits per heavy atom. The number of nitrogens with zero attached hydrogens (tertiary/aromatic N) is 2. The van der Waals surface area contributed by atoms with Crippen LogP contribution in [0.5, 0.6) is 5.75 Å². The second kappa shape index (κ2) is 6.40. The van der Waals surface area contributed by atoms with Gasteiger partial charge in [-0.1, -0.05) is 23.7 Å². The summed E-state index contributed by atoms with van der Waals surface area (Å²) in [5.74, 6) is 6.85. The van der Waals surface area contributed by atoms with Crippen LogP contribution in [0, 0.1) is 0 Å². The van der Waals surface area contributed by atoms with Crippen LogP contribution in [-0.4, -0.2) is 17.1 Å². The van der Waals surface area contributed by atoms with Crippen LogP contribution in [-0.2, 0) is 0 Å². The Morgan fingerprint density at radius 1 is 1.20 bits per heavy atom. The summed E-state index contributed by atoms with van der Waals surface area (Å²) in [6.07, 6.45) is 1.41. The van der Waals surface area contributed by atoms with Gasteiger partial charge in [0, 0.05) is 5.02 Å². The van der Waals surface area contributed by atoms with Gasteiger partial charge in [-0.05, 0) is 24.6 Å². The summed E-state index contributed by atoms with van der Waals surface area (Å²) in [5.41, 5.74) is 3.55. The molecular weight excluding hydrogens is 278 g/mol. The normalized spacial score (nSPS) is 11.8. The first-order valence-corrected chi connectivity index (χ1v) is 6.41. The van der Waals surface area contributed by atoms with Gasteiger partial charge >= 0.3 is 0 Å². The molecule has 2 aromatic rings. The van der Waals surface area contributed by atoms with Gasteiger partial charge in [0.15, 0.2) is 11.6 Å². The van der Waals surface area contributed by atoms with Crippen molar-refractivity contribution in [3.05, 3.63) is 41.2 Å². The van der Waals surface area contributed by atoms with Gasteiger partial charge in [0.2, 0.25) is 5.75 Å². The second-order valence-electron chi connectivity index (χ2n) is 4.17. The molecule has 1 atom stereocenters. The van der Waals surface area contributed by atoms with Gasteiger partial charge in [-0.25, -0.2) is 15.8 Å². The Hall–Kier alpha value is -2.05. The zero-order valence-electron chi connectivity index (χ0n) is 11.2. The molecule has 1 unspecified atom stereocenters. The number of rotatable bonds is 5. The smallest absolute Gasteiger partial charge is 0.205 e. The molecule has 0 aliphatic heterocycles. The average Bonchev–Trinajstić information content (AvgIpc) is 2.47. The molecule has 6 nitrogen and oxygen atoms in total. The first-order chi connectivity index (χ1) is 9.65. The topological polar surface area (TPSA) is 85.1 Å². The third-order valence-electron chi connectivity index (χ3n) is 2.87. The summed E-state index contributed by atoms with van der Waals surface area (Å²) in [6, 6.07) is 7.63. The van der Waals surface area contributed by atoms with Gasteiger partial charge in [0.1, 0.15) is 6.33 Å². The molecule has 1 heterocycles. The fraction of sp³-hybridized carbons (Fsp3) is 0.231. The first-order valence-electron chi connectivity index (χ1n) is 6.03. The van der Waals surface area contributed by atoms with E-state index in [1.165, 1.54) is 13.4 Å². The number of benzene rings is 1. The van der Waals surface area contributed by atoms with Crippen LogP contribution in [0.1, 0.15) is 18.5 Å². The molecule has 0 fully saturated rings. The lowest BCUT2D eigenvalue weighted by atomic mass is 10.1. The quantitative estimate of drug-likeness (QED) is 0.580. The van der Waals surface area contributed by atoms with Gasteiger partial charge in [-0.2, -0.15) is 0 Å². The minimum absolute atomic E-state index is 0.0293. The molecule has 4 N–H and O–H groups in total. The van der Waals surface area contributed by atoms with Crippen LogP contribution >= 0.6 is 11.6 Å². The van der Waals surface area contributed by atoms with E-state index in [1.54, 1.807) is 0 Å². The van der Waals surface area contributed by atoms with Crippen LogP contribution in [0.25, 0.3) is 0 Å². The standard InChI is InChI=1S/C13H16ClN5O/c1-8(9-3-5-10(14)6-4-9)18-12-11(20-2)13(19-15)17-7-16-12/h3-8H,15H2,1-2H3,(H2,16,17,18,19). The second-order valence-corrected chi connectivity index (χ2v) is 4.60. The SMILES string of the molecule is COc1c(NN)ncnc1NC(C)c1ccc(Cl)cc1. The van der Waals surface area contributed by atoms with Crippen molar-refractivity contribution in [2.75, 3.05) is 17.9 Å². The third kappa shape index (κ3) is 3.09. The van der Waals surface area contributed by atoms with Crippen molar-refractivity contribution in [3.8, 4) is 5.75 Å². The summed E-state index contributed by atoms with van der Waals surface area (Å²) < 4.78 is 5.27. The van der Waals surface area contributed by atoms with Crippen molar-refractivity contribution < 1.29 is 4.74 Å². The molecule has 1 aromatic heterocycles. The van der Waals surface area contributed by atoms with Crippen LogP contribution in [0.2, 0.25) is 5.02 Å². The maximum Gasteiger partial charge on any atom is 0.205 e. The fourth-order valence-electron chi connectivity index (χ4n) is 1.81. The lowest BCUT2D eigenvalue weighted by Gasteiger charge is -2.18. The maximum atomic E-state index is 5.88. The Morgan fingerprint density at radius 3 is 2.45 bits per heavy atom. The van der Waals surface area contributed by atoms with E-state index in [2.05, 4.69) is 20.7 Å². The molecule has 0 bridgehead atoms. The Kier molecular flexibility index (Phi) is 4.60. The number of halogens is 1. The van der Waals surface area contributed by atoms with E-state index in [0.717, 1.165) is 5.56 Å². The molecule has 0 saturated carbocycles. The largest absolute Gasteiger partial charge is 0.490 e. The summed E-state index contributed by atoms with van der Waals surface area (Å²) in [7, 11) is 1.54. The average molecular weight is 294 g/mol. The number of ether oxygens (including phenoxy) is 1. The fourth-order valence-corrected chi connectivity index (χ4v) is 1.94. The summed E-state index contributed by atoms with van der Waals surface area (Å²) >= 11 is 5.88. The van der Waals surface area contributed by atoms with Crippen molar-refractivity contribution in [2.45, 2.75) is 13.0 Å². The molecule has 0 saturated heterocycles. The molecule has 0 spiro atoms. The Labute approximate surface area is 122 Å². The number of anilines is 2. The van der Waals surface area contributed by atoms with Gasteiger partial charge in [0.05, 0.1) is 13.2 Å². The summed E-state index contributed by atoms with van der Waals surface area (Å²) in [5, 5.41) is 3.96. The number of hydrogen-bond donors (Lipinski definition) is 3. The molecule has 20 heavy (non-hydrogen) atoms. The van der Waals surface area contributed by atoms with Crippen molar-refractivity contribution in [3.63, 3.8) is 0 Å². The molecule has 2 rings (SSSR count). The zero-order valence-corrected chi connectivity index (χ0v) is 12.0. The van der Waals surface area contributed by atoms with Crippen molar-refractivity contribution in [2.24, 2.45) is 5.84 Å². The maximum absolute atomic E-state index is 5.88. The number of nitrogens with two attached hydrogens (primary N) is 1. The number of hydrogen-bond acceptors (Lipinski definition) is 6. The van der Waals surface area contributed by atoms with E-state index in [1.807, 2.05) is 31.2 Å². The van der Waals surface area contributed by atoms with E-state index >= 15 is 0 Å². The monoisotopic (exact) mass is 293 g/mol. The molecule has 0 radical (unpaired) electrons. The summed E-state index contributed by atoms with van der Waals surface area (Å²) in [4.78, 5) is 8.16. The highest BCUT2D eigenvalue weighted by Gasteiger charge is 2.14. The van der Waals surface area contributed by atoms with Crippen LogP contribution < -0.4 is 21.3 Å². The highest BCUT2D eigenvalue weighted by molar-refractivity contribution is 6.30. The van der Waals surface area contributed by atoms with Crippen LogP contribution in [0.15, 0.2) is 30.6 Å². The van der Waals surface area contributed by atoms with Crippen molar-refractivity contribution in [1.82, 2.24) is 9.97 Å². The van der Waals surface area contributed by atoms with Gasteiger partial charge in [-0.3, -0.25) is 0 Å². The zero-order chi connectivity index (χ0) is 14.5. The molecule has 0 aliphatic rings. The minimum atomic E-state index is 0.0293. The minimum Gasteiger partial charge on any atom is -0.490 e. The van der Waals surface area contributed by atoms with E-state index in [-0.39, 0.29) is 6.04 Å². The molecular formula is C13H16ClN5O. The first kappa shape index (κ1) is 14.4. The van der Waals surface area contributed by atoms with E-state index < -0.39 is 0 Å². The number of hydrazine groups is 1. The number of nitrogen functional groups attached to an aromatic ring is 1. The molecule has 106 valence electrons. The lowest BCUT2D eigenvalue weighted by molar-refractivity contribution is 0.414. The predicted octanol–water partition coefficient (Wildman–Crippen LogP) is 2.60. The van der Waals surface area contributed by atoms with Crippen LogP contribution in [0.3, 0.4) is 0 Å².